The lowest BCUT2D eigenvalue weighted by atomic mass is 10.2. The summed E-state index contributed by atoms with van der Waals surface area (Å²) in [6.07, 6.45) is 1.69. The fraction of sp³-hybridized carbons (Fsp3) is 0.211. The van der Waals surface area contributed by atoms with E-state index >= 15 is 0 Å². The number of hydrogen-bond acceptors (Lipinski definition) is 4. The van der Waals surface area contributed by atoms with Crippen molar-refractivity contribution in [1.82, 2.24) is 10.2 Å². The van der Waals surface area contributed by atoms with Crippen molar-refractivity contribution in [2.75, 3.05) is 7.11 Å². The van der Waals surface area contributed by atoms with Crippen LogP contribution < -0.4 is 10.1 Å². The van der Waals surface area contributed by atoms with Gasteiger partial charge in [-0.2, -0.15) is 0 Å². The van der Waals surface area contributed by atoms with Gasteiger partial charge in [0.25, 0.3) is 0 Å². The molecule has 0 aliphatic rings. The fourth-order valence-electron chi connectivity index (χ4n) is 2.41. The van der Waals surface area contributed by atoms with Crippen molar-refractivity contribution in [1.29, 1.82) is 0 Å². The van der Waals surface area contributed by atoms with Gasteiger partial charge in [0.1, 0.15) is 11.5 Å². The molecule has 0 fully saturated rings. The second kappa shape index (κ2) is 8.69. The summed E-state index contributed by atoms with van der Waals surface area (Å²) < 4.78 is 10.7. The average Bonchev–Trinajstić information content (AvgIpc) is 3.33. The number of ether oxygens (including phenoxy) is 1. The Kier molecular flexibility index (Phi) is 6.09. The first-order valence-corrected chi connectivity index (χ1v) is 9.24. The molecule has 0 aliphatic heterocycles. The standard InChI is InChI=1S/C19H20N2O2S2/c1-22-16-8-6-15(7-9-16)12-20-19(24)21(13-17-4-2-10-23-17)14-18-5-3-11-25-18/h2-11H,12-14H2,1H3,(H,20,24). The third-order valence-corrected chi connectivity index (χ3v) is 5.01. The SMILES string of the molecule is COc1ccc(CNC(=S)N(Cc2ccco2)Cc2cccs2)cc1. The van der Waals surface area contributed by atoms with Crippen LogP contribution in [-0.2, 0) is 19.6 Å². The normalized spacial score (nSPS) is 10.4. The van der Waals surface area contributed by atoms with Crippen molar-refractivity contribution < 1.29 is 9.15 Å². The molecule has 2 heterocycles. The Morgan fingerprint density at radius 3 is 2.64 bits per heavy atom. The lowest BCUT2D eigenvalue weighted by Crippen LogP contribution is -2.38. The molecule has 0 aliphatic carbocycles. The second-order valence-corrected chi connectivity index (χ2v) is 6.94. The Hall–Kier alpha value is -2.31. The molecule has 0 bridgehead atoms. The van der Waals surface area contributed by atoms with Crippen LogP contribution in [0, 0.1) is 0 Å². The van der Waals surface area contributed by atoms with E-state index in [0.717, 1.165) is 23.6 Å². The maximum atomic E-state index is 5.62. The number of thiophene rings is 1. The lowest BCUT2D eigenvalue weighted by Gasteiger charge is -2.24. The summed E-state index contributed by atoms with van der Waals surface area (Å²) in [5, 5.41) is 6.13. The van der Waals surface area contributed by atoms with Gasteiger partial charge in [0, 0.05) is 11.4 Å². The van der Waals surface area contributed by atoms with Crippen LogP contribution in [0.2, 0.25) is 0 Å². The Balaban J connectivity index is 1.62. The second-order valence-electron chi connectivity index (χ2n) is 5.52. The van der Waals surface area contributed by atoms with Crippen molar-refractivity contribution in [2.45, 2.75) is 19.6 Å². The molecule has 2 aromatic heterocycles. The van der Waals surface area contributed by atoms with Gasteiger partial charge in [0.2, 0.25) is 0 Å². The van der Waals surface area contributed by atoms with Crippen LogP contribution in [0.25, 0.3) is 0 Å². The number of nitrogens with one attached hydrogen (secondary N) is 1. The quantitative estimate of drug-likeness (QED) is 0.621. The molecule has 3 aromatic rings. The highest BCUT2D eigenvalue weighted by molar-refractivity contribution is 7.80. The van der Waals surface area contributed by atoms with E-state index in [2.05, 4.69) is 27.7 Å². The van der Waals surface area contributed by atoms with Crippen LogP contribution in [0.1, 0.15) is 16.2 Å². The van der Waals surface area contributed by atoms with E-state index in [4.69, 9.17) is 21.4 Å². The van der Waals surface area contributed by atoms with E-state index in [9.17, 15) is 0 Å². The number of hydrogen-bond donors (Lipinski definition) is 1. The van der Waals surface area contributed by atoms with E-state index in [1.807, 2.05) is 36.4 Å². The maximum absolute atomic E-state index is 5.62. The van der Waals surface area contributed by atoms with Crippen LogP contribution in [-0.4, -0.2) is 17.1 Å². The van der Waals surface area contributed by atoms with Gasteiger partial charge in [-0.15, -0.1) is 11.3 Å². The zero-order valence-electron chi connectivity index (χ0n) is 14.0. The first-order chi connectivity index (χ1) is 12.2. The van der Waals surface area contributed by atoms with Crippen molar-refractivity contribution >= 4 is 28.7 Å². The van der Waals surface area contributed by atoms with Gasteiger partial charge in [-0.25, -0.2) is 0 Å². The molecule has 1 N–H and O–H groups in total. The molecule has 0 unspecified atom stereocenters. The summed E-state index contributed by atoms with van der Waals surface area (Å²) in [4.78, 5) is 3.38. The van der Waals surface area contributed by atoms with Crippen LogP contribution in [0.4, 0.5) is 0 Å². The summed E-state index contributed by atoms with van der Waals surface area (Å²) >= 11 is 7.35. The summed E-state index contributed by atoms with van der Waals surface area (Å²) in [5.41, 5.74) is 1.15. The molecule has 0 amide bonds. The van der Waals surface area contributed by atoms with Gasteiger partial charge in [0.05, 0.1) is 26.5 Å². The zero-order chi connectivity index (χ0) is 17.5. The predicted octanol–water partition coefficient (Wildman–Crippen LogP) is 4.43. The van der Waals surface area contributed by atoms with Crippen molar-refractivity contribution in [3.05, 3.63) is 76.4 Å². The summed E-state index contributed by atoms with van der Waals surface area (Å²) in [6.45, 7) is 2.06. The molecule has 1 aromatic carbocycles. The zero-order valence-corrected chi connectivity index (χ0v) is 15.6. The highest BCUT2D eigenvalue weighted by atomic mass is 32.1. The van der Waals surface area contributed by atoms with Crippen LogP contribution in [0.15, 0.2) is 64.6 Å². The van der Waals surface area contributed by atoms with Crippen LogP contribution in [0.5, 0.6) is 5.75 Å². The van der Waals surface area contributed by atoms with Crippen molar-refractivity contribution in [3.63, 3.8) is 0 Å². The van der Waals surface area contributed by atoms with Gasteiger partial charge < -0.3 is 19.4 Å². The van der Waals surface area contributed by atoms with Gasteiger partial charge >= 0.3 is 0 Å². The molecule has 0 atom stereocenters. The molecular weight excluding hydrogens is 352 g/mol. The van der Waals surface area contributed by atoms with Gasteiger partial charge in [-0.3, -0.25) is 0 Å². The van der Waals surface area contributed by atoms with E-state index in [0.29, 0.717) is 18.2 Å². The molecular formula is C19H20N2O2S2. The van der Waals surface area contributed by atoms with Crippen molar-refractivity contribution in [2.24, 2.45) is 0 Å². The molecule has 0 radical (unpaired) electrons. The predicted molar refractivity (Wildman–Crippen MR) is 105 cm³/mol. The minimum Gasteiger partial charge on any atom is -0.497 e. The largest absolute Gasteiger partial charge is 0.497 e. The van der Waals surface area contributed by atoms with E-state index in [1.165, 1.54) is 4.88 Å². The third kappa shape index (κ3) is 5.08. The topological polar surface area (TPSA) is 37.6 Å². The molecule has 0 saturated carbocycles. The van der Waals surface area contributed by atoms with E-state index in [1.54, 1.807) is 24.7 Å². The number of nitrogens with zero attached hydrogens (tertiary/aromatic N) is 1. The number of methoxy groups -OCH3 is 1. The summed E-state index contributed by atoms with van der Waals surface area (Å²) in [5.74, 6) is 1.74. The lowest BCUT2D eigenvalue weighted by molar-refractivity contribution is 0.353. The summed E-state index contributed by atoms with van der Waals surface area (Å²) in [6, 6.07) is 16.0. The first kappa shape index (κ1) is 17.5. The van der Waals surface area contributed by atoms with E-state index in [-0.39, 0.29) is 0 Å². The molecule has 0 saturated heterocycles. The molecule has 25 heavy (non-hydrogen) atoms. The first-order valence-electron chi connectivity index (χ1n) is 7.95. The van der Waals surface area contributed by atoms with Gasteiger partial charge in [-0.1, -0.05) is 18.2 Å². The highest BCUT2D eigenvalue weighted by Gasteiger charge is 2.13. The minimum absolute atomic E-state index is 0.638. The molecule has 4 nitrogen and oxygen atoms in total. The third-order valence-electron chi connectivity index (χ3n) is 3.74. The average molecular weight is 373 g/mol. The number of thiocarbonyl (C=S) groups is 1. The monoisotopic (exact) mass is 372 g/mol. The Morgan fingerprint density at radius 1 is 1.16 bits per heavy atom. The Bertz CT molecular complexity index is 732. The van der Waals surface area contributed by atoms with E-state index < -0.39 is 0 Å². The van der Waals surface area contributed by atoms with Crippen molar-refractivity contribution in [3.8, 4) is 5.75 Å². The van der Waals surface area contributed by atoms with Gasteiger partial charge in [-0.05, 0) is 53.5 Å². The van der Waals surface area contributed by atoms with Gasteiger partial charge in [0.15, 0.2) is 5.11 Å². The Labute approximate surface area is 157 Å². The highest BCUT2D eigenvalue weighted by Crippen LogP contribution is 2.16. The molecule has 6 heteroatoms. The number of furan rings is 1. The number of rotatable bonds is 7. The molecule has 130 valence electrons. The van der Waals surface area contributed by atoms with Crippen LogP contribution >= 0.6 is 23.6 Å². The summed E-state index contributed by atoms with van der Waals surface area (Å²) in [7, 11) is 1.67. The smallest absolute Gasteiger partial charge is 0.169 e. The number of benzene rings is 1. The molecule has 0 spiro atoms. The Morgan fingerprint density at radius 2 is 2.00 bits per heavy atom. The maximum Gasteiger partial charge on any atom is 0.169 e. The molecule has 3 rings (SSSR count). The van der Waals surface area contributed by atoms with Crippen LogP contribution in [0.3, 0.4) is 0 Å². The minimum atomic E-state index is 0.638. The fourth-order valence-corrected chi connectivity index (χ4v) is 3.33.